The maximum Gasteiger partial charge on any atom is 0.268 e. The summed E-state index contributed by atoms with van der Waals surface area (Å²) in [4.78, 5) is 32.3. The molecular weight excluding hydrogens is 560 g/mol. The molecule has 0 spiro atoms. The smallest absolute Gasteiger partial charge is 0.268 e. The number of nitrogens with one attached hydrogen (secondary N) is 1. The van der Waals surface area contributed by atoms with Crippen molar-refractivity contribution in [1.82, 2.24) is 14.8 Å². The first kappa shape index (κ1) is 27.7. The molecule has 1 aromatic heterocycles. The Balaban J connectivity index is 1.24. The summed E-state index contributed by atoms with van der Waals surface area (Å²) in [6.45, 7) is 5.91. The van der Waals surface area contributed by atoms with Crippen LogP contribution in [-0.4, -0.2) is 54.1 Å². The molecule has 4 aliphatic heterocycles. The lowest BCUT2D eigenvalue weighted by atomic mass is 9.84. The minimum absolute atomic E-state index is 0.0529. The zero-order valence-corrected chi connectivity index (χ0v) is 25.2. The van der Waals surface area contributed by atoms with Crippen LogP contribution in [0.5, 0.6) is 5.75 Å². The number of hydrogen-bond acceptors (Lipinski definition) is 4. The van der Waals surface area contributed by atoms with Gasteiger partial charge in [-0.1, -0.05) is 60.1 Å². The predicted octanol–water partition coefficient (Wildman–Crippen LogP) is 6.16. The Hall–Kier alpha value is -4.07. The Bertz CT molecular complexity index is 1710. The normalized spacial score (nSPS) is 20.6. The quantitative estimate of drug-likeness (QED) is 0.301. The largest absolute Gasteiger partial charge is 0.496 e. The number of methoxy groups -OCH3 is 1. The van der Waals surface area contributed by atoms with Crippen LogP contribution in [0.2, 0.25) is 5.02 Å². The van der Waals surface area contributed by atoms with Crippen LogP contribution >= 0.6 is 11.6 Å². The van der Waals surface area contributed by atoms with E-state index < -0.39 is 0 Å². The Morgan fingerprint density at radius 3 is 2.42 bits per heavy atom. The molecule has 0 aliphatic carbocycles. The van der Waals surface area contributed by atoms with Crippen LogP contribution in [0.3, 0.4) is 0 Å². The fourth-order valence-electron chi connectivity index (χ4n) is 7.20. The number of aromatic nitrogens is 1. The van der Waals surface area contributed by atoms with Crippen LogP contribution in [0.4, 0.5) is 5.69 Å². The molecule has 2 bridgehead atoms. The summed E-state index contributed by atoms with van der Waals surface area (Å²) >= 11 is 6.86. The summed E-state index contributed by atoms with van der Waals surface area (Å²) in [5.74, 6) is 0.785. The number of piperidine rings is 3. The lowest BCUT2D eigenvalue weighted by Crippen LogP contribution is -2.57. The number of para-hydroxylation sites is 1. The average molecular weight is 595 g/mol. The number of nitrogens with zero attached hydrogens (tertiary/aromatic N) is 3. The standard InChI is InChI=1S/C35H35ClN4O3/c1-22-32(24-8-4-3-5-9-24)28(36)18-27(33(22)43-2)35(42)40-20-26-12-13-31(39(26)19-25-10-6-7-11-30(25)40)34(41)37-29-21-38-16-14-23(29)15-17-38/h3-13,18,23,29H,14-17,19-21H2,1-2H3,(H,37,41)/t29-/m1/s1. The molecule has 0 saturated carbocycles. The van der Waals surface area contributed by atoms with Crippen LogP contribution in [0.25, 0.3) is 11.1 Å². The van der Waals surface area contributed by atoms with Gasteiger partial charge in [0.15, 0.2) is 0 Å². The van der Waals surface area contributed by atoms with Gasteiger partial charge in [0.25, 0.3) is 11.8 Å². The van der Waals surface area contributed by atoms with Crippen molar-refractivity contribution in [2.75, 3.05) is 31.6 Å². The van der Waals surface area contributed by atoms with Crippen LogP contribution in [0, 0.1) is 12.8 Å². The highest BCUT2D eigenvalue weighted by Gasteiger charge is 2.36. The number of carbonyl (C=O) groups is 2. The third-order valence-electron chi connectivity index (χ3n) is 9.42. The lowest BCUT2D eigenvalue weighted by molar-refractivity contribution is 0.0615. The van der Waals surface area contributed by atoms with E-state index in [1.165, 1.54) is 0 Å². The number of amides is 2. The van der Waals surface area contributed by atoms with Gasteiger partial charge in [-0.05, 0) is 74.2 Å². The Kier molecular flexibility index (Phi) is 7.23. The summed E-state index contributed by atoms with van der Waals surface area (Å²) in [7, 11) is 1.59. The number of anilines is 1. The third kappa shape index (κ3) is 4.90. The molecule has 220 valence electrons. The molecule has 1 atom stereocenters. The molecule has 7 nitrogen and oxygen atoms in total. The summed E-state index contributed by atoms with van der Waals surface area (Å²) < 4.78 is 7.91. The molecule has 2 amide bonds. The van der Waals surface area contributed by atoms with Crippen LogP contribution in [0.1, 0.15) is 50.5 Å². The van der Waals surface area contributed by atoms with Crippen molar-refractivity contribution in [3.05, 3.63) is 106 Å². The van der Waals surface area contributed by atoms with Crippen LogP contribution < -0.4 is 15.0 Å². The molecule has 4 aromatic rings. The molecule has 5 heterocycles. The van der Waals surface area contributed by atoms with Gasteiger partial charge >= 0.3 is 0 Å². The van der Waals surface area contributed by atoms with Gasteiger partial charge in [0, 0.05) is 40.1 Å². The molecule has 8 heteroatoms. The Morgan fingerprint density at radius 2 is 1.70 bits per heavy atom. The van der Waals surface area contributed by atoms with Gasteiger partial charge in [-0.25, -0.2) is 0 Å². The van der Waals surface area contributed by atoms with E-state index in [0.717, 1.165) is 66.1 Å². The van der Waals surface area contributed by atoms with Gasteiger partial charge in [-0.3, -0.25) is 9.59 Å². The lowest BCUT2D eigenvalue weighted by Gasteiger charge is -2.44. The third-order valence-corrected chi connectivity index (χ3v) is 9.72. The first-order valence-corrected chi connectivity index (χ1v) is 15.3. The number of hydrogen-bond donors (Lipinski definition) is 1. The molecule has 0 unspecified atom stereocenters. The number of rotatable bonds is 5. The second kappa shape index (κ2) is 11.2. The molecule has 3 aromatic carbocycles. The van der Waals surface area contributed by atoms with Crippen molar-refractivity contribution in [1.29, 1.82) is 0 Å². The highest BCUT2D eigenvalue weighted by atomic mass is 35.5. The SMILES string of the molecule is COc1c(C(=O)N2Cc3ccc(C(=O)N[C@@H]4CN5CCC4CC5)n3Cc3ccccc32)cc(Cl)c(-c2ccccc2)c1C. The molecule has 3 saturated heterocycles. The van der Waals surface area contributed by atoms with Gasteiger partial charge in [0.2, 0.25) is 0 Å². The van der Waals surface area contributed by atoms with Crippen LogP contribution in [-0.2, 0) is 13.1 Å². The van der Waals surface area contributed by atoms with E-state index in [2.05, 4.69) is 14.8 Å². The van der Waals surface area contributed by atoms with Gasteiger partial charge in [-0.15, -0.1) is 0 Å². The van der Waals surface area contributed by atoms with Gasteiger partial charge in [0.05, 0.1) is 25.8 Å². The van der Waals surface area contributed by atoms with Gasteiger partial charge < -0.3 is 24.4 Å². The summed E-state index contributed by atoms with van der Waals surface area (Å²) in [5, 5.41) is 3.83. The molecular formula is C35H35ClN4O3. The first-order chi connectivity index (χ1) is 20.9. The van der Waals surface area contributed by atoms with Crippen molar-refractivity contribution < 1.29 is 14.3 Å². The van der Waals surface area contributed by atoms with E-state index in [0.29, 0.717) is 41.0 Å². The maximum absolute atomic E-state index is 14.4. The molecule has 43 heavy (non-hydrogen) atoms. The summed E-state index contributed by atoms with van der Waals surface area (Å²) in [6.07, 6.45) is 2.28. The van der Waals surface area contributed by atoms with Gasteiger partial charge in [-0.2, -0.15) is 0 Å². The van der Waals surface area contributed by atoms with Crippen molar-refractivity contribution in [2.24, 2.45) is 5.92 Å². The second-order valence-electron chi connectivity index (χ2n) is 11.8. The fraction of sp³-hybridized carbons (Fsp3) is 0.314. The predicted molar refractivity (Wildman–Crippen MR) is 169 cm³/mol. The van der Waals surface area contributed by atoms with Crippen molar-refractivity contribution in [2.45, 2.75) is 38.9 Å². The highest BCUT2D eigenvalue weighted by molar-refractivity contribution is 6.34. The number of carbonyl (C=O) groups excluding carboxylic acids is 2. The Morgan fingerprint density at radius 1 is 0.953 bits per heavy atom. The molecule has 1 N–H and O–H groups in total. The van der Waals surface area contributed by atoms with E-state index in [1.54, 1.807) is 18.1 Å². The number of benzene rings is 3. The Labute approximate surface area is 257 Å². The van der Waals surface area contributed by atoms with E-state index in [-0.39, 0.29) is 17.9 Å². The average Bonchev–Trinajstić information content (AvgIpc) is 3.35. The fourth-order valence-corrected chi connectivity index (χ4v) is 7.56. The van der Waals surface area contributed by atoms with Crippen molar-refractivity contribution >= 4 is 29.1 Å². The van der Waals surface area contributed by atoms with Gasteiger partial charge in [0.1, 0.15) is 11.4 Å². The minimum atomic E-state index is -0.207. The molecule has 0 radical (unpaired) electrons. The number of fused-ring (bicyclic) bond motifs is 5. The molecule has 3 fully saturated rings. The van der Waals surface area contributed by atoms with Crippen molar-refractivity contribution in [3.63, 3.8) is 0 Å². The topological polar surface area (TPSA) is 66.8 Å². The monoisotopic (exact) mass is 594 g/mol. The summed E-state index contributed by atoms with van der Waals surface area (Å²) in [5.41, 5.74) is 6.31. The number of halogens is 1. The molecule has 4 aliphatic rings. The second-order valence-corrected chi connectivity index (χ2v) is 12.2. The van der Waals surface area contributed by atoms with Crippen molar-refractivity contribution in [3.8, 4) is 16.9 Å². The van der Waals surface area contributed by atoms with E-state index >= 15 is 0 Å². The first-order valence-electron chi connectivity index (χ1n) is 15.0. The minimum Gasteiger partial charge on any atom is -0.496 e. The van der Waals surface area contributed by atoms with Crippen LogP contribution in [0.15, 0.2) is 72.8 Å². The zero-order valence-electron chi connectivity index (χ0n) is 24.5. The highest BCUT2D eigenvalue weighted by Crippen LogP contribution is 2.41. The van der Waals surface area contributed by atoms with E-state index in [9.17, 15) is 9.59 Å². The van der Waals surface area contributed by atoms with E-state index in [1.807, 2.05) is 73.7 Å². The maximum atomic E-state index is 14.4. The summed E-state index contributed by atoms with van der Waals surface area (Å²) in [6, 6.07) is 23.5. The molecule has 8 rings (SSSR count). The zero-order chi connectivity index (χ0) is 29.7. The number of ether oxygens (including phenoxy) is 1. The van der Waals surface area contributed by atoms with E-state index in [4.69, 9.17) is 16.3 Å².